The van der Waals surface area contributed by atoms with Crippen LogP contribution < -0.4 is 5.32 Å². The van der Waals surface area contributed by atoms with Crippen LogP contribution in [0.1, 0.15) is 24.3 Å². The Kier molecular flexibility index (Phi) is 5.08. The first-order valence-corrected chi connectivity index (χ1v) is 5.09. The zero-order valence-electron chi connectivity index (χ0n) is 8.86. The Bertz CT molecular complexity index is 285. The Morgan fingerprint density at radius 3 is 2.87 bits per heavy atom. The van der Waals surface area contributed by atoms with Gasteiger partial charge in [-0.25, -0.2) is 0 Å². The van der Waals surface area contributed by atoms with Gasteiger partial charge < -0.3 is 14.6 Å². The first-order chi connectivity index (χ1) is 6.84. The zero-order chi connectivity index (χ0) is 9.80. The maximum Gasteiger partial charge on any atom is 0.134 e. The molecule has 2 rings (SSSR count). The fourth-order valence-electron chi connectivity index (χ4n) is 1.65. The van der Waals surface area contributed by atoms with E-state index in [9.17, 15) is 0 Å². The van der Waals surface area contributed by atoms with Crippen molar-refractivity contribution < 1.29 is 9.26 Å². The summed E-state index contributed by atoms with van der Waals surface area (Å²) in [6.45, 7) is 4.58. The van der Waals surface area contributed by atoms with Crippen LogP contribution in [0, 0.1) is 6.92 Å². The molecular weight excluding hydrogens is 216 g/mol. The second-order valence-electron chi connectivity index (χ2n) is 3.69. The molecule has 15 heavy (non-hydrogen) atoms. The molecule has 0 unspecified atom stereocenters. The lowest BCUT2D eigenvalue weighted by Gasteiger charge is -2.22. The first kappa shape index (κ1) is 12.5. The Morgan fingerprint density at radius 2 is 2.27 bits per heavy atom. The summed E-state index contributed by atoms with van der Waals surface area (Å²) in [5, 5.41) is 7.19. The van der Waals surface area contributed by atoms with E-state index in [0.717, 1.165) is 37.4 Å². The van der Waals surface area contributed by atoms with E-state index in [1.807, 2.05) is 13.0 Å². The third-order valence-electron chi connectivity index (χ3n) is 2.43. The molecule has 0 amide bonds. The number of ether oxygens (including phenoxy) is 1. The van der Waals surface area contributed by atoms with Crippen LogP contribution in [-0.2, 0) is 11.3 Å². The van der Waals surface area contributed by atoms with Crippen molar-refractivity contribution in [2.75, 3.05) is 13.1 Å². The molecule has 1 aromatic heterocycles. The summed E-state index contributed by atoms with van der Waals surface area (Å²) in [7, 11) is 0. The van der Waals surface area contributed by atoms with E-state index in [-0.39, 0.29) is 12.4 Å². The smallest absolute Gasteiger partial charge is 0.134 e. The molecule has 86 valence electrons. The van der Waals surface area contributed by atoms with Gasteiger partial charge in [0.2, 0.25) is 0 Å². The van der Waals surface area contributed by atoms with Crippen molar-refractivity contribution in [3.63, 3.8) is 0 Å². The van der Waals surface area contributed by atoms with Gasteiger partial charge in [0.1, 0.15) is 11.5 Å². The first-order valence-electron chi connectivity index (χ1n) is 5.09. The van der Waals surface area contributed by atoms with Crippen molar-refractivity contribution in [2.45, 2.75) is 32.5 Å². The maximum atomic E-state index is 5.72. The third kappa shape index (κ3) is 3.81. The molecule has 4 nitrogen and oxygen atoms in total. The fourth-order valence-corrected chi connectivity index (χ4v) is 1.65. The van der Waals surface area contributed by atoms with E-state index in [1.54, 1.807) is 0 Å². The highest BCUT2D eigenvalue weighted by Crippen LogP contribution is 2.10. The predicted octanol–water partition coefficient (Wildman–Crippen LogP) is 1.67. The molecule has 0 radical (unpaired) electrons. The number of nitrogens with one attached hydrogen (secondary N) is 1. The molecule has 0 spiro atoms. The minimum absolute atomic E-state index is 0. The molecular formula is C10H17ClN2O2. The van der Waals surface area contributed by atoms with Crippen LogP contribution in [0.25, 0.3) is 0 Å². The Labute approximate surface area is 95.8 Å². The van der Waals surface area contributed by atoms with Crippen molar-refractivity contribution in [3.05, 3.63) is 17.5 Å². The van der Waals surface area contributed by atoms with Gasteiger partial charge in [-0.05, 0) is 32.9 Å². The molecule has 1 aromatic rings. The van der Waals surface area contributed by atoms with E-state index >= 15 is 0 Å². The largest absolute Gasteiger partial charge is 0.372 e. The van der Waals surface area contributed by atoms with Crippen LogP contribution in [0.4, 0.5) is 0 Å². The van der Waals surface area contributed by atoms with E-state index < -0.39 is 0 Å². The van der Waals surface area contributed by atoms with Crippen LogP contribution in [0.2, 0.25) is 0 Å². The molecule has 2 heterocycles. The standard InChI is InChI=1S/C10H16N2O2.ClH/c1-8-6-9(12-14-8)7-13-10-2-4-11-5-3-10;/h6,10-11H,2-5,7H2,1H3;1H. The van der Waals surface area contributed by atoms with Gasteiger partial charge in [-0.1, -0.05) is 5.16 Å². The topological polar surface area (TPSA) is 47.3 Å². The lowest BCUT2D eigenvalue weighted by molar-refractivity contribution is 0.0185. The Morgan fingerprint density at radius 1 is 1.53 bits per heavy atom. The number of rotatable bonds is 3. The van der Waals surface area contributed by atoms with Gasteiger partial charge in [-0.15, -0.1) is 12.4 Å². The van der Waals surface area contributed by atoms with Crippen molar-refractivity contribution in [2.24, 2.45) is 0 Å². The van der Waals surface area contributed by atoms with Gasteiger partial charge in [0.15, 0.2) is 0 Å². The van der Waals surface area contributed by atoms with Crippen molar-refractivity contribution in [3.8, 4) is 0 Å². The summed E-state index contributed by atoms with van der Waals surface area (Å²) in [5.41, 5.74) is 0.890. The van der Waals surface area contributed by atoms with E-state index in [4.69, 9.17) is 9.26 Å². The molecule has 0 atom stereocenters. The van der Waals surface area contributed by atoms with Gasteiger partial charge in [-0.3, -0.25) is 0 Å². The highest BCUT2D eigenvalue weighted by molar-refractivity contribution is 5.85. The van der Waals surface area contributed by atoms with Crippen LogP contribution in [-0.4, -0.2) is 24.4 Å². The van der Waals surface area contributed by atoms with Gasteiger partial charge in [-0.2, -0.15) is 0 Å². The molecule has 1 aliphatic heterocycles. The van der Waals surface area contributed by atoms with Crippen LogP contribution in [0.3, 0.4) is 0 Å². The third-order valence-corrected chi connectivity index (χ3v) is 2.43. The lowest BCUT2D eigenvalue weighted by atomic mass is 10.1. The van der Waals surface area contributed by atoms with Gasteiger partial charge >= 0.3 is 0 Å². The SMILES string of the molecule is Cc1cc(COC2CCNCC2)no1.Cl. The quantitative estimate of drug-likeness (QED) is 0.862. The summed E-state index contributed by atoms with van der Waals surface area (Å²) in [5.74, 6) is 0.842. The Hall–Kier alpha value is -0.580. The average molecular weight is 233 g/mol. The number of aryl methyl sites for hydroxylation is 1. The number of nitrogens with zero attached hydrogens (tertiary/aromatic N) is 1. The predicted molar refractivity (Wildman–Crippen MR) is 59.2 cm³/mol. The van der Waals surface area contributed by atoms with Crippen molar-refractivity contribution >= 4 is 12.4 Å². The highest BCUT2D eigenvalue weighted by atomic mass is 35.5. The zero-order valence-corrected chi connectivity index (χ0v) is 9.68. The molecule has 0 bridgehead atoms. The van der Waals surface area contributed by atoms with Gasteiger partial charge in [0, 0.05) is 6.07 Å². The second kappa shape index (κ2) is 6.10. The highest BCUT2D eigenvalue weighted by Gasteiger charge is 2.13. The number of halogens is 1. The number of hydrogen-bond donors (Lipinski definition) is 1. The Balaban J connectivity index is 0.00000112. The minimum Gasteiger partial charge on any atom is -0.372 e. The molecule has 1 aliphatic rings. The number of piperidine rings is 1. The van der Waals surface area contributed by atoms with Crippen LogP contribution in [0.5, 0.6) is 0 Å². The van der Waals surface area contributed by atoms with Gasteiger partial charge in [0.05, 0.1) is 12.7 Å². The minimum atomic E-state index is 0. The summed E-state index contributed by atoms with van der Waals surface area (Å²) >= 11 is 0. The maximum absolute atomic E-state index is 5.72. The summed E-state index contributed by atoms with van der Waals surface area (Å²) in [6.07, 6.45) is 2.57. The molecule has 0 aliphatic carbocycles. The summed E-state index contributed by atoms with van der Waals surface area (Å²) in [4.78, 5) is 0. The number of aromatic nitrogens is 1. The molecule has 5 heteroatoms. The fraction of sp³-hybridized carbons (Fsp3) is 0.700. The number of hydrogen-bond acceptors (Lipinski definition) is 4. The normalized spacial score (nSPS) is 17.4. The second-order valence-corrected chi connectivity index (χ2v) is 3.69. The molecule has 1 saturated heterocycles. The molecule has 1 N–H and O–H groups in total. The van der Waals surface area contributed by atoms with E-state index in [1.165, 1.54) is 0 Å². The van der Waals surface area contributed by atoms with E-state index in [2.05, 4.69) is 10.5 Å². The summed E-state index contributed by atoms with van der Waals surface area (Å²) in [6, 6.07) is 1.92. The van der Waals surface area contributed by atoms with Crippen molar-refractivity contribution in [1.82, 2.24) is 10.5 Å². The van der Waals surface area contributed by atoms with Crippen molar-refractivity contribution in [1.29, 1.82) is 0 Å². The van der Waals surface area contributed by atoms with E-state index in [0.29, 0.717) is 12.7 Å². The lowest BCUT2D eigenvalue weighted by Crippen LogP contribution is -2.32. The summed E-state index contributed by atoms with van der Waals surface area (Å²) < 4.78 is 10.7. The average Bonchev–Trinajstić information content (AvgIpc) is 2.63. The molecule has 0 aromatic carbocycles. The van der Waals surface area contributed by atoms with Crippen LogP contribution in [0.15, 0.2) is 10.6 Å². The van der Waals surface area contributed by atoms with Crippen LogP contribution >= 0.6 is 12.4 Å². The van der Waals surface area contributed by atoms with Gasteiger partial charge in [0.25, 0.3) is 0 Å². The molecule has 1 fully saturated rings. The molecule has 0 saturated carbocycles. The monoisotopic (exact) mass is 232 g/mol.